The molecule has 8 nitrogen and oxygen atoms in total. The number of hydroxylamine groups is 1. The summed E-state index contributed by atoms with van der Waals surface area (Å²) in [5.74, 6) is -0.928. The molecule has 0 aromatic heterocycles. The Labute approximate surface area is 202 Å². The van der Waals surface area contributed by atoms with Crippen LogP contribution < -0.4 is 10.8 Å². The normalized spacial score (nSPS) is 12.6. The van der Waals surface area contributed by atoms with Crippen molar-refractivity contribution in [1.82, 2.24) is 5.48 Å². The van der Waals surface area contributed by atoms with Crippen LogP contribution in [-0.2, 0) is 9.53 Å². The number of carbonyl (C=O) groups is 2. The molecular weight excluding hydrogens is 546 g/mol. The summed E-state index contributed by atoms with van der Waals surface area (Å²) in [6.45, 7) is 1.86. The maximum Gasteiger partial charge on any atom is 0.412 e. The second-order valence-corrected chi connectivity index (χ2v) is 8.67. The van der Waals surface area contributed by atoms with E-state index in [4.69, 9.17) is 15.2 Å². The minimum absolute atomic E-state index is 0.0496. The van der Waals surface area contributed by atoms with Crippen molar-refractivity contribution in [3.05, 3.63) is 68.6 Å². The number of phenols is 1. The van der Waals surface area contributed by atoms with Crippen molar-refractivity contribution in [3.8, 4) is 11.8 Å². The largest absolute Gasteiger partial charge is 0.506 e. The van der Waals surface area contributed by atoms with Gasteiger partial charge in [0.15, 0.2) is 0 Å². The number of hydrogen-bond donors (Lipinski definition) is 4. The molecular formula is C22H21Br2N3O5. The lowest BCUT2D eigenvalue weighted by atomic mass is 9.92. The second-order valence-electron chi connectivity index (χ2n) is 6.90. The van der Waals surface area contributed by atoms with Gasteiger partial charge in [0.25, 0.3) is 5.91 Å². The van der Waals surface area contributed by atoms with Crippen LogP contribution in [0.15, 0.2) is 57.5 Å². The summed E-state index contributed by atoms with van der Waals surface area (Å²) in [5.41, 5.74) is 2.84. The van der Waals surface area contributed by atoms with Crippen molar-refractivity contribution in [1.29, 1.82) is 5.26 Å². The van der Waals surface area contributed by atoms with Gasteiger partial charge in [-0.25, -0.2) is 10.3 Å². The van der Waals surface area contributed by atoms with E-state index in [1.807, 2.05) is 13.0 Å². The Bertz CT molecular complexity index is 1040. The average molecular weight is 567 g/mol. The monoisotopic (exact) mass is 565 g/mol. The van der Waals surface area contributed by atoms with Crippen molar-refractivity contribution >= 4 is 49.5 Å². The Kier molecular flexibility index (Phi) is 9.71. The molecule has 32 heavy (non-hydrogen) atoms. The fraction of sp³-hybridized carbons (Fsp3) is 0.227. The standard InChI is InChI=1S/C22H21Br2N3O5/c1-13(4-2-3-5-19(28)27-31)21(17-10-15(23)11-18(24)20(17)29)32-22(30)26-16-8-6-14(12-25)7-9-16/h3,5-11,13,21,29,31H,2,4H2,1H3,(H,26,30)(H,27,28)/b5-3+/t13-,21+/m0/s1. The number of nitriles is 1. The molecule has 0 heterocycles. The quantitative estimate of drug-likeness (QED) is 0.188. The van der Waals surface area contributed by atoms with Crippen molar-refractivity contribution < 1.29 is 24.6 Å². The third-order valence-corrected chi connectivity index (χ3v) is 5.61. The van der Waals surface area contributed by atoms with Gasteiger partial charge in [0.05, 0.1) is 16.1 Å². The highest BCUT2D eigenvalue weighted by molar-refractivity contribution is 9.11. The summed E-state index contributed by atoms with van der Waals surface area (Å²) in [4.78, 5) is 23.7. The molecule has 0 aliphatic heterocycles. The first-order valence-corrected chi connectivity index (χ1v) is 11.1. The van der Waals surface area contributed by atoms with Gasteiger partial charge in [-0.2, -0.15) is 5.26 Å². The topological polar surface area (TPSA) is 132 Å². The number of phenolic OH excluding ortho intramolecular Hbond substituents is 1. The van der Waals surface area contributed by atoms with E-state index in [0.717, 1.165) is 0 Å². The zero-order valence-electron chi connectivity index (χ0n) is 17.0. The zero-order valence-corrected chi connectivity index (χ0v) is 20.2. The lowest BCUT2D eigenvalue weighted by molar-refractivity contribution is -0.124. The Morgan fingerprint density at radius 3 is 2.56 bits per heavy atom. The highest BCUT2D eigenvalue weighted by Gasteiger charge is 2.27. The molecule has 0 fully saturated rings. The van der Waals surface area contributed by atoms with E-state index in [2.05, 4.69) is 37.2 Å². The SMILES string of the molecule is C[C@@H](CC/C=C/C(=O)NO)[C@@H](OC(=O)Nc1ccc(C#N)cc1)c1cc(Br)cc(Br)c1O. The van der Waals surface area contributed by atoms with Crippen LogP contribution in [0.25, 0.3) is 0 Å². The van der Waals surface area contributed by atoms with E-state index in [1.165, 1.54) is 11.6 Å². The Morgan fingerprint density at radius 2 is 1.94 bits per heavy atom. The van der Waals surface area contributed by atoms with Gasteiger partial charge in [-0.15, -0.1) is 0 Å². The predicted octanol–water partition coefficient (Wildman–Crippen LogP) is 5.56. The molecule has 0 spiro atoms. The van der Waals surface area contributed by atoms with Gasteiger partial charge in [-0.1, -0.05) is 28.9 Å². The van der Waals surface area contributed by atoms with Gasteiger partial charge in [-0.05, 0) is 71.1 Å². The van der Waals surface area contributed by atoms with Crippen LogP contribution in [0.3, 0.4) is 0 Å². The molecule has 2 atom stereocenters. The zero-order chi connectivity index (χ0) is 23.7. The molecule has 0 unspecified atom stereocenters. The fourth-order valence-electron chi connectivity index (χ4n) is 2.92. The first-order chi connectivity index (χ1) is 15.2. The number of halogens is 2. The summed E-state index contributed by atoms with van der Waals surface area (Å²) in [6, 6.07) is 11.7. The first-order valence-electron chi connectivity index (χ1n) is 9.51. The number of benzene rings is 2. The molecule has 0 bridgehead atoms. The lowest BCUT2D eigenvalue weighted by Crippen LogP contribution is -2.22. The van der Waals surface area contributed by atoms with Crippen molar-refractivity contribution in [2.45, 2.75) is 25.9 Å². The number of nitrogens with one attached hydrogen (secondary N) is 2. The van der Waals surface area contributed by atoms with Gasteiger partial charge in [0, 0.05) is 21.8 Å². The second kappa shape index (κ2) is 12.2. The number of hydrogen-bond acceptors (Lipinski definition) is 6. The molecule has 0 radical (unpaired) electrons. The summed E-state index contributed by atoms with van der Waals surface area (Å²) in [5, 5.41) is 30.6. The number of anilines is 1. The molecule has 0 saturated carbocycles. The summed E-state index contributed by atoms with van der Waals surface area (Å²) in [6.07, 6.45) is 2.26. The molecule has 168 valence electrons. The van der Waals surface area contributed by atoms with E-state index in [9.17, 15) is 14.7 Å². The van der Waals surface area contributed by atoms with Gasteiger partial charge in [0.1, 0.15) is 11.9 Å². The van der Waals surface area contributed by atoms with Crippen molar-refractivity contribution in [3.63, 3.8) is 0 Å². The van der Waals surface area contributed by atoms with Crippen LogP contribution in [0, 0.1) is 17.2 Å². The van der Waals surface area contributed by atoms with E-state index in [0.29, 0.717) is 38.6 Å². The third kappa shape index (κ3) is 7.37. The Morgan fingerprint density at radius 1 is 1.25 bits per heavy atom. The third-order valence-electron chi connectivity index (χ3n) is 4.54. The highest BCUT2D eigenvalue weighted by Crippen LogP contribution is 2.40. The molecule has 2 rings (SSSR count). The van der Waals surface area contributed by atoms with Crippen molar-refractivity contribution in [2.24, 2.45) is 5.92 Å². The van der Waals surface area contributed by atoms with E-state index in [-0.39, 0.29) is 11.7 Å². The number of rotatable bonds is 8. The smallest absolute Gasteiger partial charge is 0.412 e. The van der Waals surface area contributed by atoms with Crippen LogP contribution in [0.5, 0.6) is 5.75 Å². The average Bonchev–Trinajstić information content (AvgIpc) is 2.77. The van der Waals surface area contributed by atoms with Crippen LogP contribution in [0.1, 0.15) is 37.0 Å². The summed E-state index contributed by atoms with van der Waals surface area (Å²) >= 11 is 6.68. The maximum absolute atomic E-state index is 12.6. The van der Waals surface area contributed by atoms with Crippen LogP contribution in [0.4, 0.5) is 10.5 Å². The van der Waals surface area contributed by atoms with Crippen LogP contribution in [0.2, 0.25) is 0 Å². The highest BCUT2D eigenvalue weighted by atomic mass is 79.9. The minimum atomic E-state index is -0.803. The molecule has 4 N–H and O–H groups in total. The number of allylic oxidation sites excluding steroid dienone is 1. The fourth-order valence-corrected chi connectivity index (χ4v) is 4.18. The number of nitrogens with zero attached hydrogens (tertiary/aromatic N) is 1. The molecule has 2 aromatic carbocycles. The minimum Gasteiger partial charge on any atom is -0.506 e. The molecule has 0 saturated heterocycles. The van der Waals surface area contributed by atoms with E-state index in [1.54, 1.807) is 42.5 Å². The van der Waals surface area contributed by atoms with Gasteiger partial charge < -0.3 is 9.84 Å². The Balaban J connectivity index is 2.21. The first kappa shape index (κ1) is 25.4. The maximum atomic E-state index is 12.6. The molecule has 10 heteroatoms. The predicted molar refractivity (Wildman–Crippen MR) is 125 cm³/mol. The summed E-state index contributed by atoms with van der Waals surface area (Å²) < 4.78 is 6.81. The molecule has 2 aromatic rings. The number of ether oxygens (including phenoxy) is 1. The lowest BCUT2D eigenvalue weighted by Gasteiger charge is -2.26. The summed E-state index contributed by atoms with van der Waals surface area (Å²) in [7, 11) is 0. The van der Waals surface area contributed by atoms with E-state index < -0.39 is 18.1 Å². The molecule has 2 amide bonds. The van der Waals surface area contributed by atoms with Crippen LogP contribution in [-0.4, -0.2) is 22.3 Å². The van der Waals surface area contributed by atoms with Gasteiger partial charge >= 0.3 is 6.09 Å². The van der Waals surface area contributed by atoms with Crippen LogP contribution >= 0.6 is 31.9 Å². The molecule has 0 aliphatic carbocycles. The molecule has 0 aliphatic rings. The number of amides is 2. The number of carbonyl (C=O) groups excluding carboxylic acids is 2. The van der Waals surface area contributed by atoms with Gasteiger partial charge in [-0.3, -0.25) is 15.3 Å². The van der Waals surface area contributed by atoms with E-state index >= 15 is 0 Å². The number of aromatic hydroxyl groups is 1. The van der Waals surface area contributed by atoms with Gasteiger partial charge in [0.2, 0.25) is 0 Å². The Hall–Kier alpha value is -2.87. The van der Waals surface area contributed by atoms with Crippen molar-refractivity contribution in [2.75, 3.05) is 5.32 Å².